The Balaban J connectivity index is 1.48. The Morgan fingerprint density at radius 2 is 1.70 bits per heavy atom. The third kappa shape index (κ3) is 4.38. The summed E-state index contributed by atoms with van der Waals surface area (Å²) in [5.74, 6) is -0.0741. The number of anilines is 2. The van der Waals surface area contributed by atoms with Crippen LogP contribution in [-0.2, 0) is 17.7 Å². The lowest BCUT2D eigenvalue weighted by molar-refractivity contribution is 0.0723. The predicted molar refractivity (Wildman–Crippen MR) is 120 cm³/mol. The monoisotopic (exact) mass is 457 g/mol. The van der Waals surface area contributed by atoms with Crippen molar-refractivity contribution in [1.29, 1.82) is 0 Å². The van der Waals surface area contributed by atoms with Crippen LogP contribution in [-0.4, -0.2) is 66.7 Å². The van der Waals surface area contributed by atoms with Gasteiger partial charge in [-0.2, -0.15) is 4.98 Å². The van der Waals surface area contributed by atoms with Crippen molar-refractivity contribution in [2.45, 2.75) is 32.7 Å². The number of aromatic nitrogens is 2. The molecule has 3 aliphatic heterocycles. The van der Waals surface area contributed by atoms with Crippen molar-refractivity contribution in [3.05, 3.63) is 46.7 Å². The summed E-state index contributed by atoms with van der Waals surface area (Å²) in [5.41, 5.74) is 1.27. The number of hydrogen-bond donors (Lipinski definition) is 0. The summed E-state index contributed by atoms with van der Waals surface area (Å²) in [6, 6.07) is 3.49. The van der Waals surface area contributed by atoms with E-state index in [1.165, 1.54) is 11.0 Å². The van der Waals surface area contributed by atoms with E-state index < -0.39 is 23.1 Å². The molecule has 2 fully saturated rings. The van der Waals surface area contributed by atoms with Crippen LogP contribution in [0.3, 0.4) is 0 Å². The summed E-state index contributed by atoms with van der Waals surface area (Å²) in [5, 5.41) is 0. The fraction of sp³-hybridized carbons (Fsp3) is 0.542. The molecule has 0 spiro atoms. The Morgan fingerprint density at radius 1 is 1.00 bits per heavy atom. The van der Waals surface area contributed by atoms with Crippen molar-refractivity contribution in [3.8, 4) is 0 Å². The van der Waals surface area contributed by atoms with Crippen LogP contribution in [0.5, 0.6) is 0 Å². The summed E-state index contributed by atoms with van der Waals surface area (Å²) >= 11 is 0. The van der Waals surface area contributed by atoms with Gasteiger partial charge in [-0.25, -0.2) is 13.8 Å². The van der Waals surface area contributed by atoms with Crippen LogP contribution in [0.1, 0.15) is 41.4 Å². The number of carbonyl (C=O) groups excluding carboxylic acids is 1. The van der Waals surface area contributed by atoms with Gasteiger partial charge in [0.25, 0.3) is 5.91 Å². The molecule has 0 aliphatic carbocycles. The Labute approximate surface area is 192 Å². The number of fused-ring (bicyclic) bond motifs is 1. The van der Waals surface area contributed by atoms with E-state index in [0.29, 0.717) is 45.2 Å². The number of rotatable bonds is 3. The van der Waals surface area contributed by atoms with Gasteiger partial charge in [-0.15, -0.1) is 0 Å². The third-order valence-corrected chi connectivity index (χ3v) is 6.87. The highest BCUT2D eigenvalue weighted by Gasteiger charge is 2.32. The van der Waals surface area contributed by atoms with Crippen molar-refractivity contribution in [2.24, 2.45) is 5.92 Å². The molecule has 9 heteroatoms. The molecule has 1 aromatic heterocycles. The number of morpholine rings is 1. The molecule has 4 heterocycles. The van der Waals surface area contributed by atoms with Gasteiger partial charge in [-0.1, -0.05) is 13.0 Å². The van der Waals surface area contributed by atoms with Gasteiger partial charge in [0.2, 0.25) is 5.95 Å². The van der Waals surface area contributed by atoms with Crippen LogP contribution < -0.4 is 9.80 Å². The molecule has 0 unspecified atom stereocenters. The lowest BCUT2D eigenvalue weighted by atomic mass is 9.99. The smallest absolute Gasteiger partial charge is 0.260 e. The first-order valence-corrected chi connectivity index (χ1v) is 11.7. The first-order chi connectivity index (χ1) is 16.0. The molecule has 3 aliphatic rings. The van der Waals surface area contributed by atoms with Gasteiger partial charge in [0.1, 0.15) is 23.0 Å². The van der Waals surface area contributed by atoms with Crippen molar-refractivity contribution in [3.63, 3.8) is 0 Å². The summed E-state index contributed by atoms with van der Waals surface area (Å²) in [6.07, 6.45) is 2.75. The average molecular weight is 458 g/mol. The van der Waals surface area contributed by atoms with Gasteiger partial charge in [0.15, 0.2) is 0 Å². The lowest BCUT2D eigenvalue weighted by Crippen LogP contribution is -2.42. The Bertz CT molecular complexity index is 1020. The maximum atomic E-state index is 14.3. The standard InChI is InChI=1S/C24H29F2N5O2/c1-16-5-8-30(9-6-16)24-27-20-7-10-31(23(32)21-18(25)3-2-4-19(21)26)15-17(20)22(28-24)29-11-13-33-14-12-29/h2-4,16H,5-15H2,1H3. The molecule has 0 atom stereocenters. The van der Waals surface area contributed by atoms with E-state index in [-0.39, 0.29) is 6.54 Å². The van der Waals surface area contributed by atoms with Crippen molar-refractivity contribution in [1.82, 2.24) is 14.9 Å². The second-order valence-corrected chi connectivity index (χ2v) is 9.11. The number of carbonyl (C=O) groups is 1. The van der Waals surface area contributed by atoms with Gasteiger partial charge in [-0.3, -0.25) is 4.79 Å². The van der Waals surface area contributed by atoms with E-state index in [2.05, 4.69) is 16.7 Å². The molecule has 5 rings (SSSR count). The van der Waals surface area contributed by atoms with Gasteiger partial charge in [0, 0.05) is 44.7 Å². The van der Waals surface area contributed by atoms with Crippen molar-refractivity contribution < 1.29 is 18.3 Å². The zero-order valence-electron chi connectivity index (χ0n) is 18.9. The van der Waals surface area contributed by atoms with Crippen LogP contribution in [0.4, 0.5) is 20.5 Å². The maximum Gasteiger partial charge on any atom is 0.260 e. The second-order valence-electron chi connectivity index (χ2n) is 9.11. The second kappa shape index (κ2) is 9.21. The zero-order valence-corrected chi connectivity index (χ0v) is 18.9. The minimum absolute atomic E-state index is 0.228. The molecule has 33 heavy (non-hydrogen) atoms. The number of piperidine rings is 1. The van der Waals surface area contributed by atoms with E-state index in [1.54, 1.807) is 0 Å². The van der Waals surface area contributed by atoms with Crippen molar-refractivity contribution in [2.75, 3.05) is 55.7 Å². The maximum absolute atomic E-state index is 14.3. The van der Waals surface area contributed by atoms with Gasteiger partial charge in [-0.05, 0) is 30.9 Å². The minimum Gasteiger partial charge on any atom is -0.378 e. The first kappa shape index (κ1) is 22.0. The number of halogens is 2. The summed E-state index contributed by atoms with van der Waals surface area (Å²) in [7, 11) is 0. The molecule has 0 saturated carbocycles. The van der Waals surface area contributed by atoms with E-state index in [1.807, 2.05) is 0 Å². The zero-order chi connectivity index (χ0) is 22.9. The number of ether oxygens (including phenoxy) is 1. The molecule has 1 amide bonds. The van der Waals surface area contributed by atoms with Gasteiger partial charge < -0.3 is 19.4 Å². The van der Waals surface area contributed by atoms with E-state index in [9.17, 15) is 13.6 Å². The average Bonchev–Trinajstić information content (AvgIpc) is 2.84. The molecule has 7 nitrogen and oxygen atoms in total. The summed E-state index contributed by atoms with van der Waals surface area (Å²) in [6.45, 7) is 7.34. The van der Waals surface area contributed by atoms with Crippen LogP contribution in [0.2, 0.25) is 0 Å². The van der Waals surface area contributed by atoms with E-state index in [0.717, 1.165) is 61.1 Å². The number of hydrogen-bond acceptors (Lipinski definition) is 6. The SMILES string of the molecule is CC1CCN(c2nc3c(c(N4CCOCC4)n2)CN(C(=O)c2c(F)cccc2F)CC3)CC1. The quantitative estimate of drug-likeness (QED) is 0.706. The summed E-state index contributed by atoms with van der Waals surface area (Å²) < 4.78 is 34.1. The van der Waals surface area contributed by atoms with Crippen LogP contribution in [0, 0.1) is 17.6 Å². The highest BCUT2D eigenvalue weighted by molar-refractivity contribution is 5.95. The summed E-state index contributed by atoms with van der Waals surface area (Å²) in [4.78, 5) is 28.8. The first-order valence-electron chi connectivity index (χ1n) is 11.7. The third-order valence-electron chi connectivity index (χ3n) is 6.87. The Hall–Kier alpha value is -2.81. The minimum atomic E-state index is -0.842. The highest BCUT2D eigenvalue weighted by atomic mass is 19.1. The van der Waals surface area contributed by atoms with E-state index >= 15 is 0 Å². The molecule has 1 aromatic carbocycles. The number of amides is 1. The van der Waals surface area contributed by atoms with Crippen LogP contribution in [0.15, 0.2) is 18.2 Å². The fourth-order valence-corrected chi connectivity index (χ4v) is 4.80. The predicted octanol–water partition coefficient (Wildman–Crippen LogP) is 3.03. The molecule has 0 bridgehead atoms. The Morgan fingerprint density at radius 3 is 2.39 bits per heavy atom. The van der Waals surface area contributed by atoms with Gasteiger partial charge >= 0.3 is 0 Å². The Kier molecular flexibility index (Phi) is 6.14. The van der Waals surface area contributed by atoms with Crippen molar-refractivity contribution >= 4 is 17.7 Å². The fourth-order valence-electron chi connectivity index (χ4n) is 4.80. The number of nitrogens with zero attached hydrogens (tertiary/aromatic N) is 5. The molecule has 0 N–H and O–H groups in total. The number of benzene rings is 1. The molecule has 2 aromatic rings. The van der Waals surface area contributed by atoms with Crippen LogP contribution in [0.25, 0.3) is 0 Å². The normalized spacial score (nSPS) is 19.5. The van der Waals surface area contributed by atoms with Gasteiger partial charge in [0.05, 0.1) is 25.5 Å². The molecule has 2 saturated heterocycles. The van der Waals surface area contributed by atoms with E-state index in [4.69, 9.17) is 14.7 Å². The lowest BCUT2D eigenvalue weighted by Gasteiger charge is -2.36. The topological polar surface area (TPSA) is 61.8 Å². The molecule has 0 radical (unpaired) electrons. The largest absolute Gasteiger partial charge is 0.378 e. The molecular weight excluding hydrogens is 428 g/mol. The molecule has 176 valence electrons. The molecular formula is C24H29F2N5O2. The van der Waals surface area contributed by atoms with Crippen LogP contribution >= 0.6 is 0 Å². The highest BCUT2D eigenvalue weighted by Crippen LogP contribution is 2.32.